The number of aromatic nitrogens is 2. The van der Waals surface area contributed by atoms with E-state index in [0.29, 0.717) is 0 Å². The fourth-order valence-electron chi connectivity index (χ4n) is 4.48. The molecule has 0 atom stereocenters. The zero-order valence-corrected chi connectivity index (χ0v) is 25.7. The van der Waals surface area contributed by atoms with E-state index in [1.54, 1.807) is 0 Å². The summed E-state index contributed by atoms with van der Waals surface area (Å²) < 4.78 is 6.03. The molecule has 0 saturated heterocycles. The number of fused-ring (bicyclic) bond motifs is 3. The number of hydrogen-bond acceptors (Lipinski definition) is 3. The molecular weight excluding hydrogens is 661 g/mol. The first-order valence-corrected chi connectivity index (χ1v) is 16.0. The van der Waals surface area contributed by atoms with Crippen LogP contribution in [0.2, 0.25) is 19.6 Å². The van der Waals surface area contributed by atoms with Gasteiger partial charge in [-0.05, 0) is 29.9 Å². The van der Waals surface area contributed by atoms with Gasteiger partial charge in [0, 0.05) is 37.1 Å². The number of nitrogens with zero attached hydrogens (tertiary/aromatic N) is 2. The summed E-state index contributed by atoms with van der Waals surface area (Å²) in [5.41, 5.74) is 8.34. The van der Waals surface area contributed by atoms with Crippen LogP contribution >= 0.6 is 0 Å². The van der Waals surface area contributed by atoms with E-state index >= 15 is 0 Å². The second kappa shape index (κ2) is 11.6. The molecule has 1 radical (unpaired) electrons. The van der Waals surface area contributed by atoms with Crippen molar-refractivity contribution in [2.45, 2.75) is 33.5 Å². The number of pyridine rings is 2. The Morgan fingerprint density at radius 1 is 0.711 bits per heavy atom. The van der Waals surface area contributed by atoms with Crippen LogP contribution in [0.4, 0.5) is 0 Å². The van der Waals surface area contributed by atoms with Gasteiger partial charge in [0.15, 0.2) is 5.58 Å². The van der Waals surface area contributed by atoms with E-state index in [4.69, 9.17) is 9.40 Å². The summed E-state index contributed by atoms with van der Waals surface area (Å²) in [6.45, 7) is 11.2. The van der Waals surface area contributed by atoms with E-state index in [9.17, 15) is 0 Å². The molecular formula is C33H30IrN2OSi-2. The fraction of sp³-hybridized carbons (Fsp3) is 0.152. The minimum absolute atomic E-state index is 0. The van der Waals surface area contributed by atoms with Crippen molar-refractivity contribution >= 4 is 35.2 Å². The van der Waals surface area contributed by atoms with Crippen LogP contribution in [0.1, 0.15) is 11.1 Å². The van der Waals surface area contributed by atoms with Crippen molar-refractivity contribution in [2.75, 3.05) is 0 Å². The fourth-order valence-corrected chi connectivity index (χ4v) is 6.40. The molecule has 3 nitrogen and oxygen atoms in total. The topological polar surface area (TPSA) is 38.9 Å². The maximum atomic E-state index is 6.03. The Balaban J connectivity index is 0.000000193. The van der Waals surface area contributed by atoms with Crippen LogP contribution in [0.3, 0.4) is 0 Å². The molecule has 0 aliphatic rings. The molecule has 3 aromatic carbocycles. The molecule has 0 unspecified atom stereocenters. The Hall–Kier alpha value is -3.37. The largest absolute Gasteiger partial charge is 0.455 e. The summed E-state index contributed by atoms with van der Waals surface area (Å²) in [6.07, 6.45) is 3.73. The Labute approximate surface area is 239 Å². The summed E-state index contributed by atoms with van der Waals surface area (Å²) >= 11 is 0. The third kappa shape index (κ3) is 5.86. The molecule has 6 rings (SSSR count). The Kier molecular flexibility index (Phi) is 8.42. The first kappa shape index (κ1) is 27.7. The number of para-hydroxylation sites is 1. The predicted octanol–water partition coefficient (Wildman–Crippen LogP) is 8.16. The first-order chi connectivity index (χ1) is 17.8. The van der Waals surface area contributed by atoms with Crippen LogP contribution < -0.4 is 5.19 Å². The summed E-state index contributed by atoms with van der Waals surface area (Å²) in [4.78, 5) is 9.10. The van der Waals surface area contributed by atoms with Crippen LogP contribution in [-0.4, -0.2) is 18.0 Å². The smallest absolute Gasteiger partial charge is 0.151 e. The molecule has 0 aliphatic heterocycles. The van der Waals surface area contributed by atoms with Gasteiger partial charge in [0.25, 0.3) is 0 Å². The molecule has 0 aliphatic carbocycles. The molecule has 38 heavy (non-hydrogen) atoms. The van der Waals surface area contributed by atoms with Crippen molar-refractivity contribution in [3.05, 3.63) is 115 Å². The van der Waals surface area contributed by atoms with E-state index in [1.807, 2.05) is 67.8 Å². The number of furan rings is 1. The SMILES string of the molecule is C[Si](C)(C)c1c(-c2[c-]cccc2)ncc2oc3ccccc3c12.Cc1c[c-]c(-c2ccc(C)cn2)cc1.[Ir]. The Morgan fingerprint density at radius 3 is 2.13 bits per heavy atom. The van der Waals surface area contributed by atoms with Crippen LogP contribution in [0.15, 0.2) is 95.7 Å². The van der Waals surface area contributed by atoms with Crippen molar-refractivity contribution in [2.24, 2.45) is 0 Å². The van der Waals surface area contributed by atoms with Crippen molar-refractivity contribution in [3.63, 3.8) is 0 Å². The number of benzene rings is 3. The standard InChI is InChI=1S/C20H18NOSi.C13H12N.Ir/c1-23(2,3)20-18-15-11-7-8-12-16(15)22-17(18)13-21-19(20)14-9-5-4-6-10-14;1-10-3-6-12(7-4-10)13-8-5-11(2)9-14-13;/h4-9,11-13H,1-3H3;3-6,8-9H,1-2H3;/q2*-1;. The Bertz CT molecular complexity index is 1610. The molecule has 0 bridgehead atoms. The second-order valence-electron chi connectivity index (χ2n) is 10.3. The number of hydrogen-bond donors (Lipinski definition) is 0. The van der Waals surface area contributed by atoms with Crippen molar-refractivity contribution < 1.29 is 24.5 Å². The van der Waals surface area contributed by atoms with Gasteiger partial charge in [0.05, 0.1) is 14.3 Å². The van der Waals surface area contributed by atoms with E-state index in [2.05, 4.69) is 74.0 Å². The van der Waals surface area contributed by atoms with E-state index in [0.717, 1.165) is 33.7 Å². The van der Waals surface area contributed by atoms with Crippen molar-refractivity contribution in [3.8, 4) is 22.5 Å². The second-order valence-corrected chi connectivity index (χ2v) is 15.3. The van der Waals surface area contributed by atoms with Crippen LogP contribution in [-0.2, 0) is 20.1 Å². The monoisotopic (exact) mass is 691 g/mol. The quantitative estimate of drug-likeness (QED) is 0.139. The van der Waals surface area contributed by atoms with Crippen LogP contribution in [0, 0.1) is 26.0 Å². The molecule has 0 amide bonds. The maximum Gasteiger partial charge on any atom is 0.151 e. The number of rotatable bonds is 3. The molecule has 3 aromatic heterocycles. The number of aryl methyl sites for hydroxylation is 2. The van der Waals surface area contributed by atoms with Crippen LogP contribution in [0.5, 0.6) is 0 Å². The molecule has 5 heteroatoms. The van der Waals surface area contributed by atoms with Gasteiger partial charge in [-0.2, -0.15) is 0 Å². The van der Waals surface area contributed by atoms with E-state index in [1.165, 1.54) is 27.1 Å². The van der Waals surface area contributed by atoms with Gasteiger partial charge >= 0.3 is 0 Å². The molecule has 0 N–H and O–H groups in total. The van der Waals surface area contributed by atoms with E-state index in [-0.39, 0.29) is 20.1 Å². The molecule has 0 fully saturated rings. The summed E-state index contributed by atoms with van der Waals surface area (Å²) in [6, 6.07) is 33.0. The summed E-state index contributed by atoms with van der Waals surface area (Å²) in [5.74, 6) is 0. The summed E-state index contributed by atoms with van der Waals surface area (Å²) in [7, 11) is -1.65. The average Bonchev–Trinajstić information content (AvgIpc) is 3.28. The summed E-state index contributed by atoms with van der Waals surface area (Å²) in [5, 5.41) is 3.75. The predicted molar refractivity (Wildman–Crippen MR) is 157 cm³/mol. The van der Waals surface area contributed by atoms with Gasteiger partial charge in [-0.3, -0.25) is 0 Å². The molecule has 3 heterocycles. The van der Waals surface area contributed by atoms with Gasteiger partial charge in [0.1, 0.15) is 5.58 Å². The zero-order chi connectivity index (χ0) is 26.0. The third-order valence-electron chi connectivity index (χ3n) is 6.29. The minimum Gasteiger partial charge on any atom is -0.455 e. The molecule has 0 spiro atoms. The van der Waals surface area contributed by atoms with Gasteiger partial charge in [-0.15, -0.1) is 71.3 Å². The van der Waals surface area contributed by atoms with Gasteiger partial charge in [-0.25, -0.2) is 0 Å². The van der Waals surface area contributed by atoms with Crippen molar-refractivity contribution in [1.82, 2.24) is 9.97 Å². The van der Waals surface area contributed by atoms with Crippen molar-refractivity contribution in [1.29, 1.82) is 0 Å². The average molecular weight is 691 g/mol. The van der Waals surface area contributed by atoms with Crippen LogP contribution in [0.25, 0.3) is 44.5 Å². The Morgan fingerprint density at radius 2 is 1.47 bits per heavy atom. The minimum atomic E-state index is -1.65. The molecule has 0 saturated carbocycles. The third-order valence-corrected chi connectivity index (χ3v) is 8.28. The van der Waals surface area contributed by atoms with Gasteiger partial charge < -0.3 is 14.4 Å². The first-order valence-electron chi connectivity index (χ1n) is 12.5. The zero-order valence-electron chi connectivity index (χ0n) is 22.3. The van der Waals surface area contributed by atoms with E-state index < -0.39 is 8.07 Å². The maximum absolute atomic E-state index is 6.03. The molecule has 6 aromatic rings. The normalized spacial score (nSPS) is 11.1. The van der Waals surface area contributed by atoms with Gasteiger partial charge in [-0.1, -0.05) is 62.1 Å². The van der Waals surface area contributed by atoms with Gasteiger partial charge in [0.2, 0.25) is 0 Å². The molecule has 193 valence electrons.